The van der Waals surface area contributed by atoms with Crippen molar-refractivity contribution < 1.29 is 9.90 Å². The van der Waals surface area contributed by atoms with E-state index in [0.717, 1.165) is 45.2 Å². The fourth-order valence-electron chi connectivity index (χ4n) is 2.87. The first-order valence-corrected chi connectivity index (χ1v) is 6.88. The summed E-state index contributed by atoms with van der Waals surface area (Å²) < 4.78 is 0. The Bertz CT molecular complexity index is 256. The maximum atomic E-state index is 11.7. The summed E-state index contributed by atoms with van der Waals surface area (Å²) in [6, 6.07) is 0. The largest absolute Gasteiger partial charge is 0.388 e. The fraction of sp³-hybridized carbons (Fsp3) is 0.923. The summed E-state index contributed by atoms with van der Waals surface area (Å²) in [5, 5.41) is 16.4. The van der Waals surface area contributed by atoms with Gasteiger partial charge in [0.25, 0.3) is 0 Å². The molecule has 0 aromatic rings. The first kappa shape index (κ1) is 12.8. The predicted octanol–water partition coefficient (Wildman–Crippen LogP) is 0.797. The first-order chi connectivity index (χ1) is 8.18. The highest BCUT2D eigenvalue weighted by Gasteiger charge is 2.29. The maximum Gasteiger partial charge on any atom is 0.220 e. The highest BCUT2D eigenvalue weighted by molar-refractivity contribution is 5.76. The van der Waals surface area contributed by atoms with Crippen molar-refractivity contribution in [3.8, 4) is 0 Å². The van der Waals surface area contributed by atoms with Crippen LogP contribution in [0.2, 0.25) is 0 Å². The van der Waals surface area contributed by atoms with Gasteiger partial charge in [-0.15, -0.1) is 0 Å². The molecule has 17 heavy (non-hydrogen) atoms. The number of amides is 1. The van der Waals surface area contributed by atoms with Crippen LogP contribution < -0.4 is 10.6 Å². The Morgan fingerprint density at radius 3 is 2.76 bits per heavy atom. The molecule has 3 N–H and O–H groups in total. The highest BCUT2D eigenvalue weighted by Crippen LogP contribution is 2.27. The quantitative estimate of drug-likeness (QED) is 0.681. The minimum absolute atomic E-state index is 0.0951. The van der Waals surface area contributed by atoms with E-state index in [2.05, 4.69) is 10.6 Å². The number of hydrogen-bond acceptors (Lipinski definition) is 3. The van der Waals surface area contributed by atoms with Crippen molar-refractivity contribution in [2.24, 2.45) is 5.92 Å². The molecule has 0 spiro atoms. The molecular formula is C13H24N2O2. The number of carbonyl (C=O) groups excluding carboxylic acids is 1. The van der Waals surface area contributed by atoms with Gasteiger partial charge in [-0.3, -0.25) is 4.79 Å². The Morgan fingerprint density at radius 1 is 1.35 bits per heavy atom. The van der Waals surface area contributed by atoms with E-state index in [9.17, 15) is 9.90 Å². The molecule has 1 aliphatic carbocycles. The molecule has 1 atom stereocenters. The van der Waals surface area contributed by atoms with E-state index in [1.54, 1.807) is 0 Å². The smallest absolute Gasteiger partial charge is 0.220 e. The van der Waals surface area contributed by atoms with Crippen molar-refractivity contribution in [2.45, 2.75) is 50.5 Å². The fourth-order valence-corrected chi connectivity index (χ4v) is 2.87. The molecule has 0 aromatic heterocycles. The normalized spacial score (nSPS) is 27.9. The SMILES string of the molecule is O=C(CC1CCNC1)NCC1(O)CCCCC1. The van der Waals surface area contributed by atoms with E-state index in [1.807, 2.05) is 0 Å². The molecular weight excluding hydrogens is 216 g/mol. The van der Waals surface area contributed by atoms with Gasteiger partial charge in [0.2, 0.25) is 5.91 Å². The Kier molecular flexibility index (Phi) is 4.40. The standard InChI is InChI=1S/C13H24N2O2/c16-12(8-11-4-7-14-9-11)15-10-13(17)5-2-1-3-6-13/h11,14,17H,1-10H2,(H,15,16). The van der Waals surface area contributed by atoms with Crippen molar-refractivity contribution in [3.63, 3.8) is 0 Å². The lowest BCUT2D eigenvalue weighted by Gasteiger charge is -2.32. The number of aliphatic hydroxyl groups is 1. The zero-order chi connectivity index (χ0) is 12.1. The van der Waals surface area contributed by atoms with Gasteiger partial charge in [-0.05, 0) is 38.3 Å². The number of hydrogen-bond donors (Lipinski definition) is 3. The summed E-state index contributed by atoms with van der Waals surface area (Å²) in [6.45, 7) is 2.42. The van der Waals surface area contributed by atoms with Gasteiger partial charge in [-0.1, -0.05) is 19.3 Å². The van der Waals surface area contributed by atoms with Crippen LogP contribution in [-0.2, 0) is 4.79 Å². The van der Waals surface area contributed by atoms with Crippen LogP contribution in [0.25, 0.3) is 0 Å². The van der Waals surface area contributed by atoms with Gasteiger partial charge in [-0.25, -0.2) is 0 Å². The Morgan fingerprint density at radius 2 is 2.12 bits per heavy atom. The molecule has 2 aliphatic rings. The van der Waals surface area contributed by atoms with Crippen molar-refractivity contribution in [2.75, 3.05) is 19.6 Å². The molecule has 0 bridgehead atoms. The molecule has 1 aliphatic heterocycles. The van der Waals surface area contributed by atoms with Crippen LogP contribution in [0.5, 0.6) is 0 Å². The molecule has 98 valence electrons. The van der Waals surface area contributed by atoms with Gasteiger partial charge in [-0.2, -0.15) is 0 Å². The molecule has 2 rings (SSSR count). The predicted molar refractivity (Wildman–Crippen MR) is 66.6 cm³/mol. The monoisotopic (exact) mass is 240 g/mol. The van der Waals surface area contributed by atoms with Crippen LogP contribution in [0.3, 0.4) is 0 Å². The van der Waals surface area contributed by atoms with Crippen molar-refractivity contribution in [1.82, 2.24) is 10.6 Å². The maximum absolute atomic E-state index is 11.7. The molecule has 0 radical (unpaired) electrons. The highest BCUT2D eigenvalue weighted by atomic mass is 16.3. The molecule has 1 saturated heterocycles. The second kappa shape index (κ2) is 5.83. The van der Waals surface area contributed by atoms with Gasteiger partial charge in [0, 0.05) is 13.0 Å². The van der Waals surface area contributed by atoms with Gasteiger partial charge in [0.05, 0.1) is 5.60 Å². The Hall–Kier alpha value is -0.610. The lowest BCUT2D eigenvalue weighted by Crippen LogP contribution is -2.44. The van der Waals surface area contributed by atoms with E-state index in [1.165, 1.54) is 6.42 Å². The molecule has 1 heterocycles. The summed E-state index contributed by atoms with van der Waals surface area (Å²) in [6.07, 6.45) is 6.74. The van der Waals surface area contributed by atoms with Crippen LogP contribution in [-0.4, -0.2) is 36.2 Å². The van der Waals surface area contributed by atoms with Crippen LogP contribution in [0.1, 0.15) is 44.9 Å². The molecule has 2 fully saturated rings. The summed E-state index contributed by atoms with van der Waals surface area (Å²) in [5.41, 5.74) is -0.637. The number of nitrogens with one attached hydrogen (secondary N) is 2. The topological polar surface area (TPSA) is 61.4 Å². The van der Waals surface area contributed by atoms with Gasteiger partial charge < -0.3 is 15.7 Å². The summed E-state index contributed by atoms with van der Waals surface area (Å²) in [4.78, 5) is 11.7. The van der Waals surface area contributed by atoms with Crippen molar-refractivity contribution in [3.05, 3.63) is 0 Å². The van der Waals surface area contributed by atoms with Crippen LogP contribution in [0.4, 0.5) is 0 Å². The first-order valence-electron chi connectivity index (χ1n) is 6.88. The van der Waals surface area contributed by atoms with E-state index in [4.69, 9.17) is 0 Å². The number of rotatable bonds is 4. The second-order valence-electron chi connectivity index (χ2n) is 5.62. The van der Waals surface area contributed by atoms with Crippen LogP contribution in [0.15, 0.2) is 0 Å². The van der Waals surface area contributed by atoms with E-state index < -0.39 is 5.60 Å². The third-order valence-electron chi connectivity index (χ3n) is 4.04. The zero-order valence-corrected chi connectivity index (χ0v) is 10.5. The van der Waals surface area contributed by atoms with Gasteiger partial charge in [0.1, 0.15) is 0 Å². The minimum atomic E-state index is -0.637. The molecule has 1 unspecified atom stereocenters. The third-order valence-corrected chi connectivity index (χ3v) is 4.04. The van der Waals surface area contributed by atoms with Crippen LogP contribution >= 0.6 is 0 Å². The molecule has 1 saturated carbocycles. The van der Waals surface area contributed by atoms with Crippen molar-refractivity contribution >= 4 is 5.91 Å². The zero-order valence-electron chi connectivity index (χ0n) is 10.5. The minimum Gasteiger partial charge on any atom is -0.388 e. The molecule has 4 nitrogen and oxygen atoms in total. The average molecular weight is 240 g/mol. The summed E-state index contributed by atoms with van der Waals surface area (Å²) in [7, 11) is 0. The van der Waals surface area contributed by atoms with E-state index in [0.29, 0.717) is 18.9 Å². The second-order valence-corrected chi connectivity index (χ2v) is 5.62. The molecule has 0 aromatic carbocycles. The lowest BCUT2D eigenvalue weighted by atomic mass is 9.85. The number of carbonyl (C=O) groups is 1. The third kappa shape index (κ3) is 3.96. The summed E-state index contributed by atoms with van der Waals surface area (Å²) >= 11 is 0. The van der Waals surface area contributed by atoms with E-state index in [-0.39, 0.29) is 5.91 Å². The Labute approximate surface area is 103 Å². The lowest BCUT2D eigenvalue weighted by molar-refractivity contribution is -0.123. The van der Waals surface area contributed by atoms with Crippen molar-refractivity contribution in [1.29, 1.82) is 0 Å². The summed E-state index contributed by atoms with van der Waals surface area (Å²) in [5.74, 6) is 0.577. The average Bonchev–Trinajstić information content (AvgIpc) is 2.80. The Balaban J connectivity index is 1.67. The molecule has 1 amide bonds. The van der Waals surface area contributed by atoms with Crippen LogP contribution in [0, 0.1) is 5.92 Å². The van der Waals surface area contributed by atoms with E-state index >= 15 is 0 Å². The van der Waals surface area contributed by atoms with Gasteiger partial charge >= 0.3 is 0 Å². The van der Waals surface area contributed by atoms with Gasteiger partial charge in [0.15, 0.2) is 0 Å². The molecule has 4 heteroatoms.